The summed E-state index contributed by atoms with van der Waals surface area (Å²) in [6.07, 6.45) is -0.283. The minimum Gasteiger partial charge on any atom is -0.496 e. The van der Waals surface area contributed by atoms with Crippen LogP contribution in [0.1, 0.15) is 22.2 Å². The number of aromatic nitrogens is 1. The molecule has 0 spiro atoms. The van der Waals surface area contributed by atoms with Gasteiger partial charge in [0.2, 0.25) is 0 Å². The number of fused-ring (bicyclic) bond motifs is 1. The van der Waals surface area contributed by atoms with E-state index in [-0.39, 0.29) is 12.0 Å². The Morgan fingerprint density at radius 2 is 1.88 bits per heavy atom. The predicted molar refractivity (Wildman–Crippen MR) is 93.4 cm³/mol. The fourth-order valence-corrected chi connectivity index (χ4v) is 2.73. The van der Waals surface area contributed by atoms with Crippen molar-refractivity contribution in [2.75, 3.05) is 20.8 Å². The lowest BCUT2D eigenvalue weighted by Crippen LogP contribution is -2.29. The molecule has 2 aromatic carbocycles. The van der Waals surface area contributed by atoms with Crippen LogP contribution >= 0.6 is 0 Å². The van der Waals surface area contributed by atoms with Crippen LogP contribution in [0, 0.1) is 0 Å². The molecule has 1 heterocycles. The molecule has 0 saturated carbocycles. The number of aromatic amines is 1. The van der Waals surface area contributed by atoms with Gasteiger partial charge in [0.15, 0.2) is 0 Å². The number of methoxy groups -OCH3 is 2. The minimum absolute atomic E-state index is 0.164. The lowest BCUT2D eigenvalue weighted by Gasteiger charge is -2.18. The zero-order valence-corrected chi connectivity index (χ0v) is 13.7. The summed E-state index contributed by atoms with van der Waals surface area (Å²) < 4.78 is 10.9. The molecule has 124 valence electrons. The topological polar surface area (TPSA) is 63.3 Å². The van der Waals surface area contributed by atoms with Crippen molar-refractivity contribution in [1.82, 2.24) is 10.3 Å². The number of H-pyrrole nitrogens is 1. The van der Waals surface area contributed by atoms with Gasteiger partial charge in [-0.3, -0.25) is 4.79 Å². The minimum atomic E-state index is -0.283. The van der Waals surface area contributed by atoms with Gasteiger partial charge in [0.05, 0.1) is 7.11 Å². The summed E-state index contributed by atoms with van der Waals surface area (Å²) in [5.41, 5.74) is 2.38. The van der Waals surface area contributed by atoms with Gasteiger partial charge in [-0.05, 0) is 18.2 Å². The molecule has 0 bridgehead atoms. The lowest BCUT2D eigenvalue weighted by molar-refractivity contribution is 0.0816. The van der Waals surface area contributed by atoms with Crippen molar-refractivity contribution in [2.45, 2.75) is 6.10 Å². The monoisotopic (exact) mass is 324 g/mol. The second-order valence-corrected chi connectivity index (χ2v) is 5.45. The van der Waals surface area contributed by atoms with Crippen LogP contribution in [0.5, 0.6) is 5.75 Å². The Balaban J connectivity index is 1.72. The van der Waals surface area contributed by atoms with E-state index in [4.69, 9.17) is 9.47 Å². The first-order valence-electron chi connectivity index (χ1n) is 7.74. The maximum Gasteiger partial charge on any atom is 0.267 e. The first kappa shape index (κ1) is 16.1. The molecule has 0 radical (unpaired) electrons. The Morgan fingerprint density at radius 3 is 2.62 bits per heavy atom. The van der Waals surface area contributed by atoms with Crippen molar-refractivity contribution < 1.29 is 14.3 Å². The van der Waals surface area contributed by atoms with E-state index >= 15 is 0 Å². The number of carbonyl (C=O) groups excluding carboxylic acids is 1. The highest BCUT2D eigenvalue weighted by Gasteiger charge is 2.17. The van der Waals surface area contributed by atoms with Crippen LogP contribution in [0.25, 0.3) is 10.9 Å². The van der Waals surface area contributed by atoms with Crippen LogP contribution in [0.15, 0.2) is 54.6 Å². The van der Waals surface area contributed by atoms with Gasteiger partial charge in [-0.1, -0.05) is 36.4 Å². The standard InChI is InChI=1S/C19H20N2O3/c1-23-17-10-6-4-8-14(17)18(24-2)12-20-19(22)16-11-13-7-3-5-9-15(13)21-16/h3-11,18,21H,12H2,1-2H3,(H,20,22). The summed E-state index contributed by atoms with van der Waals surface area (Å²) in [4.78, 5) is 15.5. The average Bonchev–Trinajstić information content (AvgIpc) is 3.06. The third kappa shape index (κ3) is 3.26. The molecule has 1 aromatic heterocycles. The largest absolute Gasteiger partial charge is 0.496 e. The fourth-order valence-electron chi connectivity index (χ4n) is 2.73. The fraction of sp³-hybridized carbons (Fsp3) is 0.211. The first-order chi connectivity index (χ1) is 11.7. The highest BCUT2D eigenvalue weighted by Crippen LogP contribution is 2.26. The summed E-state index contributed by atoms with van der Waals surface area (Å²) in [5.74, 6) is 0.576. The van der Waals surface area contributed by atoms with E-state index in [1.54, 1.807) is 14.2 Å². The molecule has 1 unspecified atom stereocenters. The second kappa shape index (κ2) is 7.19. The zero-order valence-electron chi connectivity index (χ0n) is 13.7. The summed E-state index contributed by atoms with van der Waals surface area (Å²) in [6.45, 7) is 0.352. The van der Waals surface area contributed by atoms with E-state index in [2.05, 4.69) is 10.3 Å². The Bertz CT molecular complexity index is 808. The molecule has 1 amide bonds. The van der Waals surface area contributed by atoms with Crippen molar-refractivity contribution in [2.24, 2.45) is 0 Å². The Morgan fingerprint density at radius 1 is 1.12 bits per heavy atom. The quantitative estimate of drug-likeness (QED) is 0.731. The van der Waals surface area contributed by atoms with Gasteiger partial charge in [0.1, 0.15) is 17.5 Å². The van der Waals surface area contributed by atoms with Crippen LogP contribution in [0.4, 0.5) is 0 Å². The number of rotatable bonds is 6. The van der Waals surface area contributed by atoms with E-state index in [1.807, 2.05) is 54.6 Å². The van der Waals surface area contributed by atoms with Gasteiger partial charge in [-0.25, -0.2) is 0 Å². The third-order valence-electron chi connectivity index (χ3n) is 3.99. The average molecular weight is 324 g/mol. The van der Waals surface area contributed by atoms with Crippen LogP contribution in [-0.2, 0) is 4.74 Å². The zero-order chi connectivity index (χ0) is 16.9. The maximum absolute atomic E-state index is 12.4. The summed E-state index contributed by atoms with van der Waals surface area (Å²) >= 11 is 0. The Hall–Kier alpha value is -2.79. The molecular formula is C19H20N2O3. The number of carbonyl (C=O) groups is 1. The van der Waals surface area contributed by atoms with Crippen LogP contribution < -0.4 is 10.1 Å². The Labute approximate surface area is 140 Å². The van der Waals surface area contributed by atoms with Gasteiger partial charge < -0.3 is 19.8 Å². The SMILES string of the molecule is COc1ccccc1C(CNC(=O)c1cc2ccccc2[nH]1)OC. The molecule has 5 heteroatoms. The van der Waals surface area contributed by atoms with E-state index in [0.29, 0.717) is 12.2 Å². The molecule has 0 aliphatic rings. The number of hydrogen-bond acceptors (Lipinski definition) is 3. The molecule has 24 heavy (non-hydrogen) atoms. The van der Waals surface area contributed by atoms with Crippen LogP contribution in [0.2, 0.25) is 0 Å². The van der Waals surface area contributed by atoms with E-state index in [1.165, 1.54) is 0 Å². The summed E-state index contributed by atoms with van der Waals surface area (Å²) in [7, 11) is 3.24. The number of para-hydroxylation sites is 2. The molecule has 2 N–H and O–H groups in total. The molecular weight excluding hydrogens is 304 g/mol. The maximum atomic E-state index is 12.4. The summed E-state index contributed by atoms with van der Waals surface area (Å²) in [6, 6.07) is 17.3. The van der Waals surface area contributed by atoms with Crippen molar-refractivity contribution in [3.63, 3.8) is 0 Å². The number of benzene rings is 2. The molecule has 0 saturated heterocycles. The normalized spacial score (nSPS) is 12.1. The first-order valence-corrected chi connectivity index (χ1v) is 7.74. The predicted octanol–water partition coefficient (Wildman–Crippen LogP) is 3.29. The van der Waals surface area contributed by atoms with Crippen LogP contribution in [-0.4, -0.2) is 31.7 Å². The van der Waals surface area contributed by atoms with Gasteiger partial charge >= 0.3 is 0 Å². The van der Waals surface area contributed by atoms with Crippen molar-refractivity contribution >= 4 is 16.8 Å². The van der Waals surface area contributed by atoms with Crippen LogP contribution in [0.3, 0.4) is 0 Å². The Kier molecular flexibility index (Phi) is 4.82. The van der Waals surface area contributed by atoms with Crippen molar-refractivity contribution in [3.05, 3.63) is 65.9 Å². The number of amides is 1. The molecule has 5 nitrogen and oxygen atoms in total. The van der Waals surface area contributed by atoms with Crippen molar-refractivity contribution in [1.29, 1.82) is 0 Å². The van der Waals surface area contributed by atoms with E-state index < -0.39 is 0 Å². The van der Waals surface area contributed by atoms with Gasteiger partial charge in [-0.15, -0.1) is 0 Å². The highest BCUT2D eigenvalue weighted by molar-refractivity contribution is 5.97. The summed E-state index contributed by atoms with van der Waals surface area (Å²) in [5, 5.41) is 3.92. The second-order valence-electron chi connectivity index (χ2n) is 5.45. The van der Waals surface area contributed by atoms with Gasteiger partial charge in [0.25, 0.3) is 5.91 Å². The number of nitrogens with one attached hydrogen (secondary N) is 2. The smallest absolute Gasteiger partial charge is 0.267 e. The molecule has 3 rings (SSSR count). The number of ether oxygens (including phenoxy) is 2. The lowest BCUT2D eigenvalue weighted by atomic mass is 10.1. The number of hydrogen-bond donors (Lipinski definition) is 2. The van der Waals surface area contributed by atoms with Gasteiger partial charge in [-0.2, -0.15) is 0 Å². The molecule has 3 aromatic rings. The molecule has 0 aliphatic carbocycles. The van der Waals surface area contributed by atoms with Gasteiger partial charge in [0, 0.05) is 30.1 Å². The van der Waals surface area contributed by atoms with E-state index in [0.717, 1.165) is 22.2 Å². The molecule has 0 fully saturated rings. The highest BCUT2D eigenvalue weighted by atomic mass is 16.5. The third-order valence-corrected chi connectivity index (χ3v) is 3.99. The molecule has 0 aliphatic heterocycles. The van der Waals surface area contributed by atoms with E-state index in [9.17, 15) is 4.79 Å². The van der Waals surface area contributed by atoms with Crippen molar-refractivity contribution in [3.8, 4) is 5.75 Å². The molecule has 1 atom stereocenters.